The average molecular weight is 413 g/mol. The summed E-state index contributed by atoms with van der Waals surface area (Å²) >= 11 is 0. The molecular weight excluding hydrogens is 390 g/mol. The highest BCUT2D eigenvalue weighted by Gasteiger charge is 2.22. The standard InChI is InChI=1S/C21H23N3O4S/c1-28-11-12-29(26,27)17-8-5-15(6-9-17)21(25)22-16-7-10-18-19(13-16)24-20(23-18)14-3-2-4-14/h5-10,13-14H,2-4,11-12H2,1H3,(H,22,25)(H,23,24). The summed E-state index contributed by atoms with van der Waals surface area (Å²) in [6.45, 7) is 0.128. The molecule has 2 N–H and O–H groups in total. The zero-order valence-electron chi connectivity index (χ0n) is 16.1. The van der Waals surface area contributed by atoms with Crippen LogP contribution in [0.2, 0.25) is 0 Å². The molecule has 1 heterocycles. The second kappa shape index (κ2) is 7.96. The van der Waals surface area contributed by atoms with E-state index in [9.17, 15) is 13.2 Å². The number of amides is 1. The number of nitrogens with zero attached hydrogens (tertiary/aromatic N) is 1. The molecule has 29 heavy (non-hydrogen) atoms. The van der Waals surface area contributed by atoms with Crippen LogP contribution in [-0.4, -0.2) is 43.8 Å². The third-order valence-corrected chi connectivity index (χ3v) is 6.98. The van der Waals surface area contributed by atoms with Gasteiger partial charge < -0.3 is 15.0 Å². The Balaban J connectivity index is 1.47. The minimum atomic E-state index is -3.42. The van der Waals surface area contributed by atoms with Crippen LogP contribution in [-0.2, 0) is 14.6 Å². The van der Waals surface area contributed by atoms with Gasteiger partial charge >= 0.3 is 0 Å². The zero-order valence-corrected chi connectivity index (χ0v) is 17.0. The number of hydrogen-bond donors (Lipinski definition) is 2. The number of benzene rings is 2. The Labute approximate surface area is 169 Å². The second-order valence-electron chi connectivity index (χ2n) is 7.27. The molecule has 3 aromatic rings. The topological polar surface area (TPSA) is 101 Å². The van der Waals surface area contributed by atoms with Crippen molar-refractivity contribution >= 4 is 32.5 Å². The Morgan fingerprint density at radius 1 is 1.21 bits per heavy atom. The number of sulfone groups is 1. The van der Waals surface area contributed by atoms with Gasteiger partial charge in [0.05, 0.1) is 28.3 Å². The lowest BCUT2D eigenvalue weighted by Gasteiger charge is -2.22. The zero-order chi connectivity index (χ0) is 20.4. The summed E-state index contributed by atoms with van der Waals surface area (Å²) in [5.74, 6) is 1.13. The van der Waals surface area contributed by atoms with Gasteiger partial charge in [-0.15, -0.1) is 0 Å². The molecule has 0 saturated heterocycles. The van der Waals surface area contributed by atoms with Crippen LogP contribution in [0.1, 0.15) is 41.4 Å². The Bertz CT molecular complexity index is 1130. The molecule has 4 rings (SSSR count). The van der Waals surface area contributed by atoms with Crippen LogP contribution < -0.4 is 5.32 Å². The van der Waals surface area contributed by atoms with Crippen LogP contribution in [0.15, 0.2) is 47.4 Å². The molecule has 1 aliphatic rings. The molecule has 0 radical (unpaired) electrons. The average Bonchev–Trinajstić information content (AvgIpc) is 3.07. The van der Waals surface area contributed by atoms with Crippen molar-refractivity contribution in [3.05, 3.63) is 53.9 Å². The van der Waals surface area contributed by atoms with Crippen molar-refractivity contribution in [3.8, 4) is 0 Å². The fourth-order valence-corrected chi connectivity index (χ4v) is 4.48. The van der Waals surface area contributed by atoms with Gasteiger partial charge in [0.15, 0.2) is 9.84 Å². The third-order valence-electron chi connectivity index (χ3n) is 5.28. The lowest BCUT2D eigenvalue weighted by Crippen LogP contribution is -2.14. The molecule has 0 bridgehead atoms. The van der Waals surface area contributed by atoms with Gasteiger partial charge in [-0.25, -0.2) is 13.4 Å². The molecule has 1 fully saturated rings. The molecule has 8 heteroatoms. The summed E-state index contributed by atoms with van der Waals surface area (Å²) in [6.07, 6.45) is 3.58. The first-order valence-electron chi connectivity index (χ1n) is 9.59. The maximum absolute atomic E-state index is 12.5. The third kappa shape index (κ3) is 4.18. The lowest BCUT2D eigenvalue weighted by molar-refractivity contribution is 0.102. The number of carbonyl (C=O) groups is 1. The van der Waals surface area contributed by atoms with Crippen LogP contribution in [0.4, 0.5) is 5.69 Å². The fourth-order valence-electron chi connectivity index (χ4n) is 3.31. The molecule has 1 aliphatic carbocycles. The number of aromatic nitrogens is 2. The van der Waals surface area contributed by atoms with E-state index >= 15 is 0 Å². The SMILES string of the molecule is COCCS(=O)(=O)c1ccc(C(=O)Nc2ccc3nc(C4CCC4)[nH]c3c2)cc1. The maximum Gasteiger partial charge on any atom is 0.255 e. The predicted molar refractivity (Wildman–Crippen MR) is 111 cm³/mol. The molecule has 2 aromatic carbocycles. The Kier molecular flexibility index (Phi) is 5.38. The number of H-pyrrole nitrogens is 1. The second-order valence-corrected chi connectivity index (χ2v) is 9.38. The van der Waals surface area contributed by atoms with Gasteiger partial charge in [0.25, 0.3) is 5.91 Å². The van der Waals surface area contributed by atoms with Crippen molar-refractivity contribution in [2.45, 2.75) is 30.1 Å². The number of fused-ring (bicyclic) bond motifs is 1. The van der Waals surface area contributed by atoms with Crippen molar-refractivity contribution in [2.75, 3.05) is 24.8 Å². The highest BCUT2D eigenvalue weighted by atomic mass is 32.2. The van der Waals surface area contributed by atoms with E-state index in [1.165, 1.54) is 50.6 Å². The van der Waals surface area contributed by atoms with Crippen molar-refractivity contribution in [1.29, 1.82) is 0 Å². The number of methoxy groups -OCH3 is 1. The van der Waals surface area contributed by atoms with E-state index in [2.05, 4.69) is 15.3 Å². The summed E-state index contributed by atoms with van der Waals surface area (Å²) in [7, 11) is -1.96. The normalized spacial score (nSPS) is 14.7. The Hall–Kier alpha value is -2.71. The Morgan fingerprint density at radius 3 is 2.62 bits per heavy atom. The van der Waals surface area contributed by atoms with E-state index in [0.717, 1.165) is 16.9 Å². The molecule has 1 saturated carbocycles. The van der Waals surface area contributed by atoms with Crippen molar-refractivity contribution in [3.63, 3.8) is 0 Å². The van der Waals surface area contributed by atoms with E-state index in [1.54, 1.807) is 0 Å². The van der Waals surface area contributed by atoms with Gasteiger partial charge in [-0.1, -0.05) is 6.42 Å². The van der Waals surface area contributed by atoms with Crippen LogP contribution in [0.3, 0.4) is 0 Å². The predicted octanol–water partition coefficient (Wildman–Crippen LogP) is 3.50. The number of aromatic amines is 1. The van der Waals surface area contributed by atoms with Crippen LogP contribution >= 0.6 is 0 Å². The summed E-state index contributed by atoms with van der Waals surface area (Å²) in [6, 6.07) is 11.5. The first-order valence-corrected chi connectivity index (χ1v) is 11.2. The van der Waals surface area contributed by atoms with Crippen LogP contribution in [0.5, 0.6) is 0 Å². The largest absolute Gasteiger partial charge is 0.384 e. The molecule has 152 valence electrons. The van der Waals surface area contributed by atoms with E-state index in [4.69, 9.17) is 4.74 Å². The van der Waals surface area contributed by atoms with Crippen LogP contribution in [0, 0.1) is 0 Å². The maximum atomic E-state index is 12.5. The Morgan fingerprint density at radius 2 is 1.97 bits per heavy atom. The van der Waals surface area contributed by atoms with E-state index in [0.29, 0.717) is 17.2 Å². The summed E-state index contributed by atoms with van der Waals surface area (Å²) < 4.78 is 29.2. The number of carbonyl (C=O) groups excluding carboxylic acids is 1. The highest BCUT2D eigenvalue weighted by Crippen LogP contribution is 2.35. The molecule has 1 amide bonds. The highest BCUT2D eigenvalue weighted by molar-refractivity contribution is 7.91. The number of rotatable bonds is 7. The van der Waals surface area contributed by atoms with E-state index in [-0.39, 0.29) is 23.2 Å². The number of imidazole rings is 1. The van der Waals surface area contributed by atoms with Gasteiger partial charge in [0.2, 0.25) is 0 Å². The molecule has 0 atom stereocenters. The smallest absolute Gasteiger partial charge is 0.255 e. The monoisotopic (exact) mass is 413 g/mol. The van der Waals surface area contributed by atoms with Gasteiger partial charge in [-0.05, 0) is 55.3 Å². The van der Waals surface area contributed by atoms with Gasteiger partial charge in [-0.3, -0.25) is 4.79 Å². The van der Waals surface area contributed by atoms with Gasteiger partial charge in [0, 0.05) is 24.3 Å². The molecule has 7 nitrogen and oxygen atoms in total. The van der Waals surface area contributed by atoms with E-state index < -0.39 is 9.84 Å². The van der Waals surface area contributed by atoms with Gasteiger partial charge in [-0.2, -0.15) is 0 Å². The quantitative estimate of drug-likeness (QED) is 0.617. The minimum absolute atomic E-state index is 0.0952. The van der Waals surface area contributed by atoms with Crippen LogP contribution in [0.25, 0.3) is 11.0 Å². The van der Waals surface area contributed by atoms with Gasteiger partial charge in [0.1, 0.15) is 5.82 Å². The number of nitrogens with one attached hydrogen (secondary N) is 2. The fraction of sp³-hybridized carbons (Fsp3) is 0.333. The summed E-state index contributed by atoms with van der Waals surface area (Å²) in [5.41, 5.74) is 2.82. The summed E-state index contributed by atoms with van der Waals surface area (Å²) in [5, 5.41) is 2.85. The van der Waals surface area contributed by atoms with Crippen molar-refractivity contribution in [1.82, 2.24) is 9.97 Å². The number of hydrogen-bond acceptors (Lipinski definition) is 5. The lowest BCUT2D eigenvalue weighted by atomic mass is 9.85. The first kappa shape index (κ1) is 19.6. The van der Waals surface area contributed by atoms with E-state index in [1.807, 2.05) is 18.2 Å². The van der Waals surface area contributed by atoms with Crippen molar-refractivity contribution in [2.24, 2.45) is 0 Å². The molecule has 0 spiro atoms. The number of ether oxygens (including phenoxy) is 1. The molecule has 1 aromatic heterocycles. The van der Waals surface area contributed by atoms with Crippen molar-refractivity contribution < 1.29 is 17.9 Å². The minimum Gasteiger partial charge on any atom is -0.384 e. The first-order chi connectivity index (χ1) is 14.0. The molecule has 0 aliphatic heterocycles. The molecule has 0 unspecified atom stereocenters. The molecular formula is C21H23N3O4S. The summed E-state index contributed by atoms with van der Waals surface area (Å²) in [4.78, 5) is 20.7. The number of anilines is 1.